The van der Waals surface area contributed by atoms with Gasteiger partial charge in [-0.1, -0.05) is 60.7 Å². The molecule has 3 aromatic rings. The van der Waals surface area contributed by atoms with E-state index in [0.29, 0.717) is 0 Å². The minimum absolute atomic E-state index is 0.196. The molecule has 6 heteroatoms. The first-order valence-electron chi connectivity index (χ1n) is 8.59. The van der Waals surface area contributed by atoms with Gasteiger partial charge in [0.25, 0.3) is 0 Å². The summed E-state index contributed by atoms with van der Waals surface area (Å²) in [7, 11) is -3.57. The second-order valence-electron chi connectivity index (χ2n) is 5.97. The molecule has 3 rings (SSSR count). The number of thioether (sulfide) groups is 1. The molecule has 0 spiro atoms. The van der Waals surface area contributed by atoms with Gasteiger partial charge in [-0.15, -0.1) is 11.8 Å². The van der Waals surface area contributed by atoms with Gasteiger partial charge in [-0.25, -0.2) is 13.1 Å². The fraction of sp³-hybridized carbons (Fsp3) is 0.143. The van der Waals surface area contributed by atoms with Crippen LogP contribution in [0.4, 0.5) is 5.69 Å². The molecular weight excluding hydrogens is 376 g/mol. The molecule has 0 aliphatic carbocycles. The average Bonchev–Trinajstić information content (AvgIpc) is 2.72. The second kappa shape index (κ2) is 9.08. The predicted molar refractivity (Wildman–Crippen MR) is 113 cm³/mol. The number of hydrogen-bond donors (Lipinski definition) is 2. The maximum atomic E-state index is 12.6. The fourth-order valence-corrected chi connectivity index (χ4v) is 4.39. The van der Waals surface area contributed by atoms with Crippen LogP contribution in [0.1, 0.15) is 11.6 Å². The van der Waals surface area contributed by atoms with Crippen molar-refractivity contribution in [3.05, 3.63) is 90.5 Å². The maximum Gasteiger partial charge on any atom is 0.240 e. The topological polar surface area (TPSA) is 58.2 Å². The van der Waals surface area contributed by atoms with Gasteiger partial charge in [-0.3, -0.25) is 0 Å². The predicted octanol–water partition coefficient (Wildman–Crippen LogP) is 4.54. The molecule has 140 valence electrons. The lowest BCUT2D eigenvalue weighted by molar-refractivity contribution is 0.576. The van der Waals surface area contributed by atoms with E-state index in [-0.39, 0.29) is 17.5 Å². The van der Waals surface area contributed by atoms with Gasteiger partial charge in [-0.2, -0.15) is 0 Å². The Bertz CT molecular complexity index is 962. The number of para-hydroxylation sites is 1. The highest BCUT2D eigenvalue weighted by molar-refractivity contribution is 7.98. The van der Waals surface area contributed by atoms with Crippen LogP contribution in [-0.2, 0) is 10.0 Å². The summed E-state index contributed by atoms with van der Waals surface area (Å²) >= 11 is 1.65. The van der Waals surface area contributed by atoms with Crippen molar-refractivity contribution in [3.8, 4) is 0 Å². The summed E-state index contributed by atoms with van der Waals surface area (Å²) in [6, 6.07) is 26.1. The number of anilines is 1. The molecule has 0 bridgehead atoms. The van der Waals surface area contributed by atoms with E-state index in [1.165, 1.54) is 0 Å². The smallest absolute Gasteiger partial charge is 0.240 e. The van der Waals surface area contributed by atoms with Gasteiger partial charge in [0.05, 0.1) is 10.9 Å². The van der Waals surface area contributed by atoms with Crippen LogP contribution in [0.15, 0.2) is 94.7 Å². The molecular formula is C21H22N2O2S2. The molecule has 0 amide bonds. The van der Waals surface area contributed by atoms with E-state index in [2.05, 4.69) is 10.0 Å². The molecule has 2 N–H and O–H groups in total. The molecule has 0 saturated carbocycles. The van der Waals surface area contributed by atoms with Gasteiger partial charge in [0.15, 0.2) is 0 Å². The van der Waals surface area contributed by atoms with Crippen molar-refractivity contribution < 1.29 is 8.42 Å². The van der Waals surface area contributed by atoms with E-state index >= 15 is 0 Å². The third kappa shape index (κ3) is 5.13. The minimum Gasteiger partial charge on any atom is -0.376 e. The Morgan fingerprint density at radius 2 is 1.44 bits per heavy atom. The molecule has 0 fully saturated rings. The van der Waals surface area contributed by atoms with Gasteiger partial charge in [0.2, 0.25) is 10.0 Å². The Morgan fingerprint density at radius 3 is 2.11 bits per heavy atom. The van der Waals surface area contributed by atoms with Gasteiger partial charge >= 0.3 is 0 Å². The number of nitrogens with one attached hydrogen (secondary N) is 2. The summed E-state index contributed by atoms with van der Waals surface area (Å²) in [5.41, 5.74) is 2.00. The number of sulfonamides is 1. The summed E-state index contributed by atoms with van der Waals surface area (Å²) in [5, 5.41) is 3.49. The first-order valence-corrected chi connectivity index (χ1v) is 11.3. The van der Waals surface area contributed by atoms with Gasteiger partial charge in [0, 0.05) is 17.1 Å². The van der Waals surface area contributed by atoms with Crippen molar-refractivity contribution >= 4 is 27.5 Å². The highest BCUT2D eigenvalue weighted by atomic mass is 32.2. The van der Waals surface area contributed by atoms with Crippen LogP contribution in [0.5, 0.6) is 0 Å². The Balaban J connectivity index is 1.83. The third-order valence-electron chi connectivity index (χ3n) is 4.17. The van der Waals surface area contributed by atoms with Crippen molar-refractivity contribution in [2.75, 3.05) is 18.1 Å². The molecule has 0 aliphatic rings. The van der Waals surface area contributed by atoms with Gasteiger partial charge < -0.3 is 5.32 Å². The second-order valence-corrected chi connectivity index (χ2v) is 8.59. The highest BCUT2D eigenvalue weighted by Crippen LogP contribution is 2.28. The molecule has 0 aliphatic heterocycles. The van der Waals surface area contributed by atoms with Crippen molar-refractivity contribution in [3.63, 3.8) is 0 Å². The van der Waals surface area contributed by atoms with Crippen molar-refractivity contribution in [1.82, 2.24) is 4.72 Å². The monoisotopic (exact) mass is 398 g/mol. The first kappa shape index (κ1) is 19.5. The SMILES string of the molecule is CSc1ccccc1NC(CNS(=O)(=O)c1ccccc1)c1ccccc1. The molecule has 4 nitrogen and oxygen atoms in total. The zero-order valence-corrected chi connectivity index (χ0v) is 16.6. The normalized spacial score (nSPS) is 12.5. The molecule has 0 saturated heterocycles. The average molecular weight is 399 g/mol. The lowest BCUT2D eigenvalue weighted by Crippen LogP contribution is -2.31. The lowest BCUT2D eigenvalue weighted by atomic mass is 10.1. The Kier molecular flexibility index (Phi) is 6.55. The van der Waals surface area contributed by atoms with Crippen molar-refractivity contribution in [1.29, 1.82) is 0 Å². The van der Waals surface area contributed by atoms with Crippen LogP contribution in [0.25, 0.3) is 0 Å². The zero-order chi connectivity index (χ0) is 19.1. The van der Waals surface area contributed by atoms with Crippen LogP contribution < -0.4 is 10.0 Å². The molecule has 0 radical (unpaired) electrons. The largest absolute Gasteiger partial charge is 0.376 e. The van der Waals surface area contributed by atoms with E-state index < -0.39 is 10.0 Å². The van der Waals surface area contributed by atoms with Crippen molar-refractivity contribution in [2.24, 2.45) is 0 Å². The fourth-order valence-electron chi connectivity index (χ4n) is 2.77. The third-order valence-corrected chi connectivity index (χ3v) is 6.40. The highest BCUT2D eigenvalue weighted by Gasteiger charge is 2.18. The van der Waals surface area contributed by atoms with Gasteiger partial charge in [0.1, 0.15) is 0 Å². The van der Waals surface area contributed by atoms with Crippen LogP contribution in [0.2, 0.25) is 0 Å². The van der Waals surface area contributed by atoms with E-state index in [1.54, 1.807) is 42.1 Å². The molecule has 0 aromatic heterocycles. The van der Waals surface area contributed by atoms with E-state index in [9.17, 15) is 8.42 Å². The maximum absolute atomic E-state index is 12.6. The summed E-state index contributed by atoms with van der Waals surface area (Å²) in [6.45, 7) is 0.240. The molecule has 0 heterocycles. The zero-order valence-electron chi connectivity index (χ0n) is 15.0. The molecule has 3 aromatic carbocycles. The van der Waals surface area contributed by atoms with Crippen LogP contribution in [-0.4, -0.2) is 21.2 Å². The molecule has 1 atom stereocenters. The summed E-state index contributed by atoms with van der Waals surface area (Å²) in [5.74, 6) is 0. The van der Waals surface area contributed by atoms with E-state index in [4.69, 9.17) is 0 Å². The Hall–Kier alpha value is -2.28. The van der Waals surface area contributed by atoms with E-state index in [1.807, 2.05) is 60.9 Å². The van der Waals surface area contributed by atoms with Crippen LogP contribution in [0.3, 0.4) is 0 Å². The standard InChI is InChI=1S/C21H22N2O2S2/c1-26-21-15-9-8-14-19(21)23-20(17-10-4-2-5-11-17)16-22-27(24,25)18-12-6-3-7-13-18/h2-15,20,22-23H,16H2,1H3. The van der Waals surface area contributed by atoms with Crippen molar-refractivity contribution in [2.45, 2.75) is 15.8 Å². The Morgan fingerprint density at radius 1 is 0.852 bits per heavy atom. The summed E-state index contributed by atoms with van der Waals surface area (Å²) < 4.78 is 27.9. The van der Waals surface area contributed by atoms with Crippen LogP contribution >= 0.6 is 11.8 Å². The number of rotatable bonds is 8. The first-order chi connectivity index (χ1) is 13.1. The minimum atomic E-state index is -3.57. The molecule has 27 heavy (non-hydrogen) atoms. The summed E-state index contributed by atoms with van der Waals surface area (Å²) in [4.78, 5) is 1.38. The van der Waals surface area contributed by atoms with Gasteiger partial charge in [-0.05, 0) is 36.1 Å². The van der Waals surface area contributed by atoms with Crippen LogP contribution in [0, 0.1) is 0 Å². The number of benzene rings is 3. The lowest BCUT2D eigenvalue weighted by Gasteiger charge is -2.22. The molecule has 1 unspecified atom stereocenters. The Labute approximate surface area is 165 Å². The quantitative estimate of drug-likeness (QED) is 0.547. The van der Waals surface area contributed by atoms with E-state index in [0.717, 1.165) is 16.1 Å². The number of hydrogen-bond acceptors (Lipinski definition) is 4. The summed E-state index contributed by atoms with van der Waals surface area (Å²) in [6.07, 6.45) is 2.02.